The summed E-state index contributed by atoms with van der Waals surface area (Å²) in [4.78, 5) is 24.4. The van der Waals surface area contributed by atoms with Crippen molar-refractivity contribution in [2.45, 2.75) is 19.0 Å². The van der Waals surface area contributed by atoms with Crippen LogP contribution in [0.5, 0.6) is 0 Å². The Bertz CT molecular complexity index is 612. The number of amides is 1. The number of halogens is 1. The van der Waals surface area contributed by atoms with E-state index in [0.29, 0.717) is 25.2 Å². The van der Waals surface area contributed by atoms with Crippen LogP contribution in [0.4, 0.5) is 4.39 Å². The molecule has 1 aliphatic rings. The number of carbonyl (C=O) groups is 2. The number of nitrogens with one attached hydrogen (secondary N) is 1. The molecule has 6 nitrogen and oxygen atoms in total. The van der Waals surface area contributed by atoms with Crippen LogP contribution in [0.25, 0.3) is 0 Å². The average molecular weight is 291 g/mol. The molecule has 1 atom stereocenters. The van der Waals surface area contributed by atoms with Crippen molar-refractivity contribution >= 4 is 11.9 Å². The summed E-state index contributed by atoms with van der Waals surface area (Å²) >= 11 is 0. The third kappa shape index (κ3) is 3.55. The zero-order valence-corrected chi connectivity index (χ0v) is 11.2. The number of piperazine rings is 1. The van der Waals surface area contributed by atoms with Crippen LogP contribution in [-0.2, 0) is 16.1 Å². The molecule has 0 aromatic heterocycles. The van der Waals surface area contributed by atoms with Crippen LogP contribution in [0.1, 0.15) is 17.5 Å². The molecule has 1 saturated heterocycles. The fraction of sp³-hybridized carbons (Fsp3) is 0.357. The Labute approximate surface area is 120 Å². The third-order valence-electron chi connectivity index (χ3n) is 3.35. The molecule has 1 amide bonds. The highest BCUT2D eigenvalue weighted by atomic mass is 19.1. The fourth-order valence-corrected chi connectivity index (χ4v) is 2.33. The second kappa shape index (κ2) is 6.33. The Morgan fingerprint density at radius 2 is 2.33 bits per heavy atom. The monoisotopic (exact) mass is 291 g/mol. The number of carboxylic acids is 1. The number of aliphatic carboxylic acids is 1. The normalized spacial score (nSPS) is 18.9. The number of benzene rings is 1. The van der Waals surface area contributed by atoms with E-state index in [1.165, 1.54) is 18.2 Å². The molecule has 7 heteroatoms. The Kier molecular flexibility index (Phi) is 4.50. The first-order valence-corrected chi connectivity index (χ1v) is 6.43. The van der Waals surface area contributed by atoms with E-state index < -0.39 is 17.8 Å². The van der Waals surface area contributed by atoms with Gasteiger partial charge in [0.1, 0.15) is 17.9 Å². The lowest BCUT2D eigenvalue weighted by Crippen LogP contribution is -2.55. The molecule has 0 spiro atoms. The maximum Gasteiger partial charge on any atom is 0.305 e. The molecule has 1 aromatic carbocycles. The van der Waals surface area contributed by atoms with Crippen LogP contribution in [-0.4, -0.2) is 41.0 Å². The molecule has 0 saturated carbocycles. The van der Waals surface area contributed by atoms with Gasteiger partial charge in [0.2, 0.25) is 5.91 Å². The molecule has 0 radical (unpaired) electrons. The molecule has 0 bridgehead atoms. The quantitative estimate of drug-likeness (QED) is 0.841. The van der Waals surface area contributed by atoms with E-state index in [1.54, 1.807) is 11.0 Å². The standard InChI is InChI=1S/C14H14FN3O3/c15-11-2-1-9(5-10(11)7-16)8-18-4-3-17-14(21)12(18)6-13(19)20/h1-2,5,12H,3-4,6,8H2,(H,17,21)(H,19,20). The second-order valence-electron chi connectivity index (χ2n) is 4.80. The number of hydrogen-bond acceptors (Lipinski definition) is 4. The number of nitrogens with zero attached hydrogens (tertiary/aromatic N) is 2. The van der Waals surface area contributed by atoms with Gasteiger partial charge < -0.3 is 10.4 Å². The van der Waals surface area contributed by atoms with E-state index in [-0.39, 0.29) is 17.9 Å². The molecule has 1 aliphatic heterocycles. The predicted octanol–water partition coefficient (Wildman–Crippen LogP) is 0.472. The van der Waals surface area contributed by atoms with Gasteiger partial charge in [-0.3, -0.25) is 14.5 Å². The van der Waals surface area contributed by atoms with E-state index in [4.69, 9.17) is 10.4 Å². The smallest absolute Gasteiger partial charge is 0.305 e. The van der Waals surface area contributed by atoms with Gasteiger partial charge in [0.25, 0.3) is 0 Å². The van der Waals surface area contributed by atoms with E-state index in [9.17, 15) is 14.0 Å². The van der Waals surface area contributed by atoms with Gasteiger partial charge in [0.05, 0.1) is 12.0 Å². The number of hydrogen-bond donors (Lipinski definition) is 2. The van der Waals surface area contributed by atoms with Gasteiger partial charge in [0.15, 0.2) is 0 Å². The molecule has 1 unspecified atom stereocenters. The van der Waals surface area contributed by atoms with Crippen molar-refractivity contribution in [3.05, 3.63) is 35.1 Å². The predicted molar refractivity (Wildman–Crippen MR) is 70.6 cm³/mol. The van der Waals surface area contributed by atoms with Crippen LogP contribution < -0.4 is 5.32 Å². The SMILES string of the molecule is N#Cc1cc(CN2CCNC(=O)C2CC(=O)O)ccc1F. The molecular weight excluding hydrogens is 277 g/mol. The van der Waals surface area contributed by atoms with E-state index >= 15 is 0 Å². The summed E-state index contributed by atoms with van der Waals surface area (Å²) in [5.41, 5.74) is 0.599. The lowest BCUT2D eigenvalue weighted by molar-refractivity contribution is -0.143. The molecule has 1 aromatic rings. The van der Waals surface area contributed by atoms with Crippen molar-refractivity contribution in [1.82, 2.24) is 10.2 Å². The van der Waals surface area contributed by atoms with Crippen molar-refractivity contribution in [2.75, 3.05) is 13.1 Å². The molecule has 1 heterocycles. The van der Waals surface area contributed by atoms with Crippen LogP contribution in [0, 0.1) is 17.1 Å². The second-order valence-corrected chi connectivity index (χ2v) is 4.80. The summed E-state index contributed by atoms with van der Waals surface area (Å²) in [6, 6.07) is 5.14. The minimum Gasteiger partial charge on any atom is -0.481 e. The van der Waals surface area contributed by atoms with Gasteiger partial charge in [0, 0.05) is 19.6 Å². The molecule has 2 rings (SSSR count). The molecular formula is C14H14FN3O3. The van der Waals surface area contributed by atoms with Gasteiger partial charge >= 0.3 is 5.97 Å². The van der Waals surface area contributed by atoms with Gasteiger partial charge in [-0.05, 0) is 17.7 Å². The maximum absolute atomic E-state index is 13.3. The van der Waals surface area contributed by atoms with Crippen LogP contribution in [0.3, 0.4) is 0 Å². The molecule has 1 fully saturated rings. The van der Waals surface area contributed by atoms with E-state index in [1.807, 2.05) is 0 Å². The lowest BCUT2D eigenvalue weighted by Gasteiger charge is -2.34. The Morgan fingerprint density at radius 1 is 1.57 bits per heavy atom. The summed E-state index contributed by atoms with van der Waals surface area (Å²) in [5.74, 6) is -1.98. The first kappa shape index (κ1) is 14.9. The highest BCUT2D eigenvalue weighted by Crippen LogP contribution is 2.16. The van der Waals surface area contributed by atoms with Crippen molar-refractivity contribution in [1.29, 1.82) is 5.26 Å². The van der Waals surface area contributed by atoms with Crippen LogP contribution in [0.15, 0.2) is 18.2 Å². The van der Waals surface area contributed by atoms with Gasteiger partial charge in [-0.15, -0.1) is 0 Å². The van der Waals surface area contributed by atoms with E-state index in [0.717, 1.165) is 0 Å². The van der Waals surface area contributed by atoms with Gasteiger partial charge in [-0.2, -0.15) is 5.26 Å². The number of nitriles is 1. The third-order valence-corrected chi connectivity index (χ3v) is 3.35. The van der Waals surface area contributed by atoms with Gasteiger partial charge in [-0.1, -0.05) is 6.07 Å². The minimum atomic E-state index is -1.06. The lowest BCUT2D eigenvalue weighted by atomic mass is 10.1. The zero-order valence-electron chi connectivity index (χ0n) is 11.2. The first-order chi connectivity index (χ1) is 10.0. The fourth-order valence-electron chi connectivity index (χ4n) is 2.33. The summed E-state index contributed by atoms with van der Waals surface area (Å²) in [5, 5.41) is 20.3. The Hall–Kier alpha value is -2.46. The molecule has 21 heavy (non-hydrogen) atoms. The van der Waals surface area contributed by atoms with Crippen molar-refractivity contribution in [3.63, 3.8) is 0 Å². The topological polar surface area (TPSA) is 93.4 Å². The summed E-state index contributed by atoms with van der Waals surface area (Å²) in [6.07, 6.45) is -0.294. The van der Waals surface area contributed by atoms with E-state index in [2.05, 4.69) is 5.32 Å². The zero-order chi connectivity index (χ0) is 15.4. The summed E-state index contributed by atoms with van der Waals surface area (Å²) in [7, 11) is 0. The summed E-state index contributed by atoms with van der Waals surface area (Å²) < 4.78 is 13.3. The van der Waals surface area contributed by atoms with Crippen molar-refractivity contribution < 1.29 is 19.1 Å². The van der Waals surface area contributed by atoms with Crippen LogP contribution >= 0.6 is 0 Å². The highest BCUT2D eigenvalue weighted by Gasteiger charge is 2.31. The van der Waals surface area contributed by atoms with Gasteiger partial charge in [-0.25, -0.2) is 4.39 Å². The van der Waals surface area contributed by atoms with Crippen molar-refractivity contribution in [2.24, 2.45) is 0 Å². The Balaban J connectivity index is 2.17. The molecule has 0 aliphatic carbocycles. The first-order valence-electron chi connectivity index (χ1n) is 6.43. The van der Waals surface area contributed by atoms with Crippen molar-refractivity contribution in [3.8, 4) is 6.07 Å². The highest BCUT2D eigenvalue weighted by molar-refractivity contribution is 5.86. The average Bonchev–Trinajstić information content (AvgIpc) is 2.44. The Morgan fingerprint density at radius 3 is 3.00 bits per heavy atom. The maximum atomic E-state index is 13.3. The molecule has 2 N–H and O–H groups in total. The summed E-state index contributed by atoms with van der Waals surface area (Å²) in [6.45, 7) is 1.23. The number of carboxylic acid groups (broad SMARTS) is 1. The number of carbonyl (C=O) groups excluding carboxylic acids is 1. The number of rotatable bonds is 4. The minimum absolute atomic E-state index is 0.0660. The largest absolute Gasteiger partial charge is 0.481 e. The molecule has 110 valence electrons. The van der Waals surface area contributed by atoms with Crippen LogP contribution in [0.2, 0.25) is 0 Å².